The fourth-order valence-electron chi connectivity index (χ4n) is 2.58. The molecular formula is C20H21N3O4. The van der Waals surface area contributed by atoms with Crippen LogP contribution in [0, 0.1) is 0 Å². The molecule has 0 fully saturated rings. The standard InChI is InChI=1S/C20H21N3O4/c1-14(9-10-16-8-5-11-26-16)22-19(24)13-21-20(25)17-12-18(27-23-17)15-6-3-2-4-7-15/h2-8,11-12,14H,9-10,13H2,1H3,(H,21,25)(H,22,24). The highest BCUT2D eigenvalue weighted by molar-refractivity contribution is 5.95. The van der Waals surface area contributed by atoms with Crippen molar-refractivity contribution >= 4 is 11.8 Å². The third-order valence-corrected chi connectivity index (χ3v) is 4.02. The van der Waals surface area contributed by atoms with Crippen LogP contribution in [0.1, 0.15) is 29.6 Å². The Kier molecular flexibility index (Phi) is 6.04. The van der Waals surface area contributed by atoms with Gasteiger partial charge in [0.15, 0.2) is 11.5 Å². The van der Waals surface area contributed by atoms with Crippen LogP contribution >= 0.6 is 0 Å². The van der Waals surface area contributed by atoms with E-state index in [2.05, 4.69) is 15.8 Å². The largest absolute Gasteiger partial charge is 0.469 e. The van der Waals surface area contributed by atoms with Gasteiger partial charge in [-0.25, -0.2) is 0 Å². The molecule has 0 bridgehead atoms. The van der Waals surface area contributed by atoms with E-state index >= 15 is 0 Å². The number of benzene rings is 1. The SMILES string of the molecule is CC(CCc1ccco1)NC(=O)CNC(=O)c1cc(-c2ccccc2)on1. The van der Waals surface area contributed by atoms with E-state index in [1.807, 2.05) is 49.4 Å². The smallest absolute Gasteiger partial charge is 0.273 e. The number of nitrogens with zero attached hydrogens (tertiary/aromatic N) is 1. The molecule has 2 N–H and O–H groups in total. The Balaban J connectivity index is 1.43. The number of carbonyl (C=O) groups is 2. The summed E-state index contributed by atoms with van der Waals surface area (Å²) in [5, 5.41) is 9.15. The van der Waals surface area contributed by atoms with E-state index in [0.29, 0.717) is 5.76 Å². The maximum absolute atomic E-state index is 12.1. The Morgan fingerprint density at radius 1 is 1.15 bits per heavy atom. The molecule has 0 spiro atoms. The summed E-state index contributed by atoms with van der Waals surface area (Å²) < 4.78 is 10.5. The molecule has 2 heterocycles. The summed E-state index contributed by atoms with van der Waals surface area (Å²) in [7, 11) is 0. The number of aryl methyl sites for hydroxylation is 1. The van der Waals surface area contributed by atoms with Crippen molar-refractivity contribution in [2.24, 2.45) is 0 Å². The van der Waals surface area contributed by atoms with Gasteiger partial charge in [0.25, 0.3) is 5.91 Å². The number of hydrogen-bond donors (Lipinski definition) is 2. The van der Waals surface area contributed by atoms with Gasteiger partial charge in [0.2, 0.25) is 5.91 Å². The molecule has 2 aromatic heterocycles. The second-order valence-corrected chi connectivity index (χ2v) is 6.21. The zero-order valence-electron chi connectivity index (χ0n) is 15.0. The number of aromatic nitrogens is 1. The number of nitrogens with one attached hydrogen (secondary N) is 2. The molecular weight excluding hydrogens is 346 g/mol. The fraction of sp³-hybridized carbons (Fsp3) is 0.250. The average molecular weight is 367 g/mol. The summed E-state index contributed by atoms with van der Waals surface area (Å²) >= 11 is 0. The van der Waals surface area contributed by atoms with Gasteiger partial charge in [-0.1, -0.05) is 35.5 Å². The van der Waals surface area contributed by atoms with E-state index < -0.39 is 5.91 Å². The van der Waals surface area contributed by atoms with Gasteiger partial charge in [0.1, 0.15) is 5.76 Å². The first kappa shape index (κ1) is 18.4. The summed E-state index contributed by atoms with van der Waals surface area (Å²) in [4.78, 5) is 24.1. The van der Waals surface area contributed by atoms with Crippen molar-refractivity contribution in [2.45, 2.75) is 25.8 Å². The van der Waals surface area contributed by atoms with Crippen LogP contribution in [0.2, 0.25) is 0 Å². The summed E-state index contributed by atoms with van der Waals surface area (Å²) in [5.41, 5.74) is 0.958. The third kappa shape index (κ3) is 5.31. The van der Waals surface area contributed by atoms with Crippen LogP contribution in [0.3, 0.4) is 0 Å². The lowest BCUT2D eigenvalue weighted by molar-refractivity contribution is -0.120. The van der Waals surface area contributed by atoms with E-state index in [-0.39, 0.29) is 24.2 Å². The van der Waals surface area contributed by atoms with E-state index in [9.17, 15) is 9.59 Å². The summed E-state index contributed by atoms with van der Waals surface area (Å²) in [6.07, 6.45) is 3.11. The number of hydrogen-bond acceptors (Lipinski definition) is 5. The highest BCUT2D eigenvalue weighted by Crippen LogP contribution is 2.19. The quantitative estimate of drug-likeness (QED) is 0.638. The van der Waals surface area contributed by atoms with Gasteiger partial charge >= 0.3 is 0 Å². The number of furan rings is 1. The van der Waals surface area contributed by atoms with Crippen molar-refractivity contribution in [1.82, 2.24) is 15.8 Å². The zero-order valence-corrected chi connectivity index (χ0v) is 15.0. The Hall–Kier alpha value is -3.35. The number of rotatable bonds is 8. The van der Waals surface area contributed by atoms with Crippen LogP contribution in [-0.2, 0) is 11.2 Å². The van der Waals surface area contributed by atoms with Crippen molar-refractivity contribution < 1.29 is 18.5 Å². The third-order valence-electron chi connectivity index (χ3n) is 4.02. The maximum atomic E-state index is 12.1. The van der Waals surface area contributed by atoms with Crippen LogP contribution in [0.5, 0.6) is 0 Å². The molecule has 0 saturated heterocycles. The molecule has 2 amide bonds. The molecule has 0 saturated carbocycles. The zero-order chi connectivity index (χ0) is 19.1. The molecule has 1 atom stereocenters. The summed E-state index contributed by atoms with van der Waals surface area (Å²) in [6.45, 7) is 1.78. The molecule has 3 rings (SSSR count). The monoisotopic (exact) mass is 367 g/mol. The number of amides is 2. The predicted octanol–water partition coefficient (Wildman–Crippen LogP) is 2.80. The second-order valence-electron chi connectivity index (χ2n) is 6.21. The molecule has 0 aliphatic heterocycles. The molecule has 0 radical (unpaired) electrons. The van der Waals surface area contributed by atoms with E-state index in [1.54, 1.807) is 12.3 Å². The van der Waals surface area contributed by atoms with E-state index in [1.165, 1.54) is 0 Å². The van der Waals surface area contributed by atoms with Gasteiger partial charge in [-0.3, -0.25) is 9.59 Å². The van der Waals surface area contributed by atoms with E-state index in [0.717, 1.165) is 24.2 Å². The molecule has 27 heavy (non-hydrogen) atoms. The summed E-state index contributed by atoms with van der Waals surface area (Å²) in [5.74, 6) is 0.655. The lowest BCUT2D eigenvalue weighted by Crippen LogP contribution is -2.41. The van der Waals surface area contributed by atoms with Crippen molar-refractivity contribution in [3.8, 4) is 11.3 Å². The van der Waals surface area contributed by atoms with Crippen LogP contribution in [0.4, 0.5) is 0 Å². The van der Waals surface area contributed by atoms with Crippen molar-refractivity contribution in [3.63, 3.8) is 0 Å². The van der Waals surface area contributed by atoms with Crippen LogP contribution in [-0.4, -0.2) is 29.6 Å². The predicted molar refractivity (Wildman–Crippen MR) is 98.9 cm³/mol. The fourth-order valence-corrected chi connectivity index (χ4v) is 2.58. The van der Waals surface area contributed by atoms with Gasteiger partial charge in [-0.2, -0.15) is 0 Å². The number of carbonyl (C=O) groups excluding carboxylic acids is 2. The van der Waals surface area contributed by atoms with Crippen molar-refractivity contribution in [3.05, 3.63) is 66.2 Å². The van der Waals surface area contributed by atoms with Crippen LogP contribution < -0.4 is 10.6 Å². The maximum Gasteiger partial charge on any atom is 0.273 e. The first-order valence-electron chi connectivity index (χ1n) is 8.74. The Labute approximate surface area is 156 Å². The minimum absolute atomic E-state index is 0.0313. The minimum atomic E-state index is -0.459. The molecule has 1 aromatic carbocycles. The lowest BCUT2D eigenvalue weighted by Gasteiger charge is -2.13. The van der Waals surface area contributed by atoms with E-state index in [4.69, 9.17) is 8.94 Å². The molecule has 7 heteroatoms. The van der Waals surface area contributed by atoms with Crippen LogP contribution in [0.15, 0.2) is 63.7 Å². The van der Waals surface area contributed by atoms with Gasteiger partial charge in [0.05, 0.1) is 12.8 Å². The molecule has 0 aliphatic rings. The highest BCUT2D eigenvalue weighted by Gasteiger charge is 2.15. The lowest BCUT2D eigenvalue weighted by atomic mass is 10.1. The first-order chi connectivity index (χ1) is 13.1. The second kappa shape index (κ2) is 8.84. The first-order valence-corrected chi connectivity index (χ1v) is 8.74. The molecule has 7 nitrogen and oxygen atoms in total. The van der Waals surface area contributed by atoms with Gasteiger partial charge in [0, 0.05) is 24.1 Å². The topological polar surface area (TPSA) is 97.4 Å². The van der Waals surface area contributed by atoms with Gasteiger partial charge in [-0.05, 0) is 25.5 Å². The molecule has 0 aliphatic carbocycles. The van der Waals surface area contributed by atoms with Crippen LogP contribution in [0.25, 0.3) is 11.3 Å². The molecule has 1 unspecified atom stereocenters. The Morgan fingerprint density at radius 3 is 2.70 bits per heavy atom. The Bertz CT molecular complexity index is 872. The van der Waals surface area contributed by atoms with Crippen molar-refractivity contribution in [2.75, 3.05) is 6.54 Å². The minimum Gasteiger partial charge on any atom is -0.469 e. The summed E-state index contributed by atoms with van der Waals surface area (Å²) in [6, 6.07) is 14.6. The molecule has 3 aromatic rings. The Morgan fingerprint density at radius 2 is 1.96 bits per heavy atom. The van der Waals surface area contributed by atoms with Gasteiger partial charge < -0.3 is 19.6 Å². The molecule has 140 valence electrons. The van der Waals surface area contributed by atoms with Crippen molar-refractivity contribution in [1.29, 1.82) is 0 Å². The normalized spacial score (nSPS) is 11.7. The highest BCUT2D eigenvalue weighted by atomic mass is 16.5. The van der Waals surface area contributed by atoms with Gasteiger partial charge in [-0.15, -0.1) is 0 Å². The average Bonchev–Trinajstić information content (AvgIpc) is 3.37.